The van der Waals surface area contributed by atoms with Gasteiger partial charge in [0.2, 0.25) is 5.91 Å². The molecule has 6 rings (SSSR count). The molecule has 0 bridgehead atoms. The fourth-order valence-electron chi connectivity index (χ4n) is 5.18. The third-order valence-electron chi connectivity index (χ3n) is 7.15. The predicted molar refractivity (Wildman–Crippen MR) is 149 cm³/mol. The van der Waals surface area contributed by atoms with Crippen molar-refractivity contribution in [3.8, 4) is 22.5 Å². The van der Waals surface area contributed by atoms with Crippen molar-refractivity contribution in [1.82, 2.24) is 25.1 Å². The molecular formula is C29H31N7O. The van der Waals surface area contributed by atoms with Crippen molar-refractivity contribution in [3.63, 3.8) is 0 Å². The van der Waals surface area contributed by atoms with E-state index >= 15 is 0 Å². The molecule has 3 N–H and O–H groups in total. The lowest BCUT2D eigenvalue weighted by Gasteiger charge is -2.28. The molecule has 0 aliphatic carbocycles. The minimum atomic E-state index is 0.0191. The number of carbonyl (C=O) groups is 1. The Bertz CT molecular complexity index is 1560. The van der Waals surface area contributed by atoms with E-state index in [1.54, 1.807) is 6.20 Å². The molecule has 0 unspecified atom stereocenters. The Balaban J connectivity index is 1.34. The Kier molecular flexibility index (Phi) is 6.30. The summed E-state index contributed by atoms with van der Waals surface area (Å²) in [7, 11) is 0. The molecule has 1 aromatic carbocycles. The molecule has 1 aliphatic rings. The number of pyridine rings is 2. The van der Waals surface area contributed by atoms with Crippen LogP contribution >= 0.6 is 0 Å². The van der Waals surface area contributed by atoms with Gasteiger partial charge < -0.3 is 15.2 Å². The van der Waals surface area contributed by atoms with Crippen LogP contribution in [0, 0.1) is 0 Å². The molecular weight excluding hydrogens is 462 g/mol. The zero-order chi connectivity index (χ0) is 25.2. The Labute approximate surface area is 215 Å². The van der Waals surface area contributed by atoms with E-state index in [-0.39, 0.29) is 5.91 Å². The molecule has 37 heavy (non-hydrogen) atoms. The van der Waals surface area contributed by atoms with Gasteiger partial charge in [-0.15, -0.1) is 0 Å². The molecule has 0 saturated carbocycles. The van der Waals surface area contributed by atoms with Crippen LogP contribution in [0.2, 0.25) is 0 Å². The fourth-order valence-corrected chi connectivity index (χ4v) is 5.18. The molecule has 8 heteroatoms. The molecule has 188 valence electrons. The van der Waals surface area contributed by atoms with Gasteiger partial charge in [0.25, 0.3) is 0 Å². The van der Waals surface area contributed by atoms with E-state index in [0.717, 1.165) is 64.9 Å². The van der Waals surface area contributed by atoms with Gasteiger partial charge in [-0.25, -0.2) is 0 Å². The number of carbonyl (C=O) groups excluding carboxylic acids is 1. The van der Waals surface area contributed by atoms with Gasteiger partial charge in [-0.3, -0.25) is 19.9 Å². The third kappa shape index (κ3) is 4.67. The molecule has 5 heterocycles. The number of amides is 1. The van der Waals surface area contributed by atoms with Crippen molar-refractivity contribution < 1.29 is 4.79 Å². The van der Waals surface area contributed by atoms with Crippen LogP contribution in [-0.4, -0.2) is 44.1 Å². The monoisotopic (exact) mass is 493 g/mol. The number of fused-ring (bicyclic) bond motifs is 2. The Morgan fingerprint density at radius 1 is 0.946 bits per heavy atom. The lowest BCUT2D eigenvalue weighted by molar-refractivity contribution is -0.116. The SMILES string of the molecule is CCCCC(=O)Nc1cncc(-c2ccc3[nH]nc(-c4cc5c(N6CCCCC6)cncc5[nH]4)c3c2)c1. The Morgan fingerprint density at radius 3 is 2.68 bits per heavy atom. The molecule has 1 amide bonds. The summed E-state index contributed by atoms with van der Waals surface area (Å²) in [6.45, 7) is 4.22. The molecule has 5 aromatic rings. The highest BCUT2D eigenvalue weighted by Crippen LogP contribution is 2.35. The topological polar surface area (TPSA) is 103 Å². The second-order valence-electron chi connectivity index (χ2n) is 9.80. The Morgan fingerprint density at radius 2 is 1.81 bits per heavy atom. The number of nitrogens with one attached hydrogen (secondary N) is 3. The predicted octanol–water partition coefficient (Wildman–Crippen LogP) is 6.29. The summed E-state index contributed by atoms with van der Waals surface area (Å²) in [5.74, 6) is 0.0191. The third-order valence-corrected chi connectivity index (χ3v) is 7.15. The zero-order valence-corrected chi connectivity index (χ0v) is 21.1. The summed E-state index contributed by atoms with van der Waals surface area (Å²) in [4.78, 5) is 27.1. The molecule has 4 aromatic heterocycles. The summed E-state index contributed by atoms with van der Waals surface area (Å²) >= 11 is 0. The van der Waals surface area contributed by atoms with Gasteiger partial charge in [0.05, 0.1) is 46.7 Å². The number of nitrogens with zero attached hydrogens (tertiary/aromatic N) is 4. The largest absolute Gasteiger partial charge is 0.370 e. The average molecular weight is 494 g/mol. The summed E-state index contributed by atoms with van der Waals surface area (Å²) in [6, 6.07) is 10.4. The van der Waals surface area contributed by atoms with Crippen LogP contribution in [0.4, 0.5) is 11.4 Å². The van der Waals surface area contributed by atoms with Gasteiger partial charge in [-0.1, -0.05) is 19.4 Å². The van der Waals surface area contributed by atoms with Crippen LogP contribution in [-0.2, 0) is 4.79 Å². The summed E-state index contributed by atoms with van der Waals surface area (Å²) in [5, 5.41) is 13.0. The number of benzene rings is 1. The first-order chi connectivity index (χ1) is 18.2. The van der Waals surface area contributed by atoms with Crippen LogP contribution in [0.15, 0.2) is 55.1 Å². The number of aromatic amines is 2. The lowest BCUT2D eigenvalue weighted by Crippen LogP contribution is -2.29. The second-order valence-corrected chi connectivity index (χ2v) is 9.80. The number of hydrogen-bond acceptors (Lipinski definition) is 5. The number of rotatable bonds is 7. The maximum atomic E-state index is 12.2. The van der Waals surface area contributed by atoms with Crippen LogP contribution in [0.5, 0.6) is 0 Å². The van der Waals surface area contributed by atoms with Crippen molar-refractivity contribution in [1.29, 1.82) is 0 Å². The first kappa shape index (κ1) is 23.2. The van der Waals surface area contributed by atoms with Gasteiger partial charge in [0, 0.05) is 42.0 Å². The molecule has 1 saturated heterocycles. The first-order valence-electron chi connectivity index (χ1n) is 13.1. The van der Waals surface area contributed by atoms with Crippen LogP contribution in [0.25, 0.3) is 44.3 Å². The Hall–Kier alpha value is -4.20. The molecule has 0 radical (unpaired) electrons. The highest BCUT2D eigenvalue weighted by molar-refractivity contribution is 6.00. The van der Waals surface area contributed by atoms with Crippen LogP contribution in [0.1, 0.15) is 45.4 Å². The van der Waals surface area contributed by atoms with Crippen molar-refractivity contribution in [3.05, 3.63) is 55.1 Å². The summed E-state index contributed by atoms with van der Waals surface area (Å²) in [6.07, 6.45) is 13.5. The van der Waals surface area contributed by atoms with E-state index in [0.29, 0.717) is 12.1 Å². The molecule has 8 nitrogen and oxygen atoms in total. The van der Waals surface area contributed by atoms with E-state index in [4.69, 9.17) is 0 Å². The van der Waals surface area contributed by atoms with Crippen molar-refractivity contribution in [2.24, 2.45) is 0 Å². The minimum absolute atomic E-state index is 0.0191. The average Bonchev–Trinajstić information content (AvgIpc) is 3.56. The van der Waals surface area contributed by atoms with Crippen LogP contribution < -0.4 is 10.2 Å². The standard InChI is InChI=1S/C29H31N7O/c1-2-3-7-28(37)32-21-12-20(15-30-16-21)19-8-9-24-23(13-19)29(35-34-24)25-14-22-26(33-25)17-31-18-27(22)36-10-5-4-6-11-36/h8-9,12-18,33H,2-7,10-11H2,1H3,(H,32,37)(H,34,35). The van der Waals surface area contributed by atoms with E-state index < -0.39 is 0 Å². The van der Waals surface area contributed by atoms with E-state index in [1.165, 1.54) is 30.3 Å². The maximum Gasteiger partial charge on any atom is 0.224 e. The fraction of sp³-hybridized carbons (Fsp3) is 0.310. The molecule has 0 spiro atoms. The van der Waals surface area contributed by atoms with E-state index in [1.807, 2.05) is 36.8 Å². The number of hydrogen-bond donors (Lipinski definition) is 3. The number of piperidine rings is 1. The quantitative estimate of drug-likeness (QED) is 0.247. The number of aromatic nitrogens is 5. The number of unbranched alkanes of at least 4 members (excludes halogenated alkanes) is 1. The van der Waals surface area contributed by atoms with Gasteiger partial charge >= 0.3 is 0 Å². The zero-order valence-electron chi connectivity index (χ0n) is 21.1. The van der Waals surface area contributed by atoms with E-state index in [9.17, 15) is 4.79 Å². The highest BCUT2D eigenvalue weighted by Gasteiger charge is 2.18. The number of H-pyrrole nitrogens is 2. The molecule has 1 aliphatic heterocycles. The lowest BCUT2D eigenvalue weighted by atomic mass is 10.0. The van der Waals surface area contributed by atoms with E-state index in [2.05, 4.69) is 54.4 Å². The molecule has 0 atom stereocenters. The minimum Gasteiger partial charge on any atom is -0.370 e. The first-order valence-corrected chi connectivity index (χ1v) is 13.1. The normalized spacial score (nSPS) is 13.9. The van der Waals surface area contributed by atoms with Gasteiger partial charge in [0.1, 0.15) is 5.69 Å². The highest BCUT2D eigenvalue weighted by atomic mass is 16.1. The van der Waals surface area contributed by atoms with Crippen LogP contribution in [0.3, 0.4) is 0 Å². The second kappa shape index (κ2) is 10.0. The maximum absolute atomic E-state index is 12.2. The number of anilines is 2. The van der Waals surface area contributed by atoms with Crippen molar-refractivity contribution >= 4 is 39.1 Å². The summed E-state index contributed by atoms with van der Waals surface area (Å²) < 4.78 is 0. The molecule has 1 fully saturated rings. The summed E-state index contributed by atoms with van der Waals surface area (Å²) in [5.41, 5.74) is 7.65. The van der Waals surface area contributed by atoms with Crippen molar-refractivity contribution in [2.45, 2.75) is 45.4 Å². The van der Waals surface area contributed by atoms with Crippen molar-refractivity contribution in [2.75, 3.05) is 23.3 Å². The van der Waals surface area contributed by atoms with Gasteiger partial charge in [-0.2, -0.15) is 5.10 Å². The smallest absolute Gasteiger partial charge is 0.224 e. The van der Waals surface area contributed by atoms with Gasteiger partial charge in [0.15, 0.2) is 0 Å². The van der Waals surface area contributed by atoms with Gasteiger partial charge in [-0.05, 0) is 55.5 Å².